The first-order valence-corrected chi connectivity index (χ1v) is 19.4. The molecular formula is C52H37N5O. The number of para-hydroxylation sites is 3. The molecule has 6 aromatic carbocycles. The third-order valence-corrected chi connectivity index (χ3v) is 11.4. The van der Waals surface area contributed by atoms with Crippen LogP contribution in [-0.4, -0.2) is 23.1 Å². The SMILES string of the molecule is C=C/C=c1\c(=C)c2ccccc2n1-c1ccc(-c2ccc3c(c2)c(=C/C)/c(=C\C=C)n3-c2ccc3c(c2)n(-c2ccccc2)c2nc4c5ccccc5oc4n32)cc1. The lowest BCUT2D eigenvalue weighted by Crippen LogP contribution is -2.27. The molecule has 58 heavy (non-hydrogen) atoms. The molecule has 276 valence electrons. The van der Waals surface area contributed by atoms with Crippen molar-refractivity contribution in [3.8, 4) is 28.2 Å². The van der Waals surface area contributed by atoms with Crippen molar-refractivity contribution in [2.45, 2.75) is 6.92 Å². The van der Waals surface area contributed by atoms with Crippen LogP contribution in [0.15, 0.2) is 169 Å². The number of furan rings is 1. The van der Waals surface area contributed by atoms with E-state index in [9.17, 15) is 0 Å². The van der Waals surface area contributed by atoms with Crippen LogP contribution in [-0.2, 0) is 0 Å². The van der Waals surface area contributed by atoms with Crippen molar-refractivity contribution in [1.82, 2.24) is 23.1 Å². The fourth-order valence-corrected chi connectivity index (χ4v) is 8.91. The summed E-state index contributed by atoms with van der Waals surface area (Å²) in [6, 6.07) is 49.1. The highest BCUT2D eigenvalue weighted by Crippen LogP contribution is 2.35. The van der Waals surface area contributed by atoms with Gasteiger partial charge < -0.3 is 13.6 Å². The van der Waals surface area contributed by atoms with Crippen molar-refractivity contribution in [3.63, 3.8) is 0 Å². The number of fused-ring (bicyclic) bond motifs is 9. The Labute approximate surface area is 333 Å². The molecule has 0 spiro atoms. The highest BCUT2D eigenvalue weighted by molar-refractivity contribution is 6.05. The average Bonchev–Trinajstić information content (AvgIpc) is 4.04. The van der Waals surface area contributed by atoms with Gasteiger partial charge in [-0.15, -0.1) is 0 Å². The van der Waals surface area contributed by atoms with Gasteiger partial charge in [0.25, 0.3) is 0 Å². The highest BCUT2D eigenvalue weighted by atomic mass is 16.3. The van der Waals surface area contributed by atoms with Crippen LogP contribution in [0.1, 0.15) is 6.92 Å². The lowest BCUT2D eigenvalue weighted by Gasteiger charge is -2.11. The van der Waals surface area contributed by atoms with E-state index in [2.05, 4.69) is 172 Å². The highest BCUT2D eigenvalue weighted by Gasteiger charge is 2.22. The molecule has 6 nitrogen and oxygen atoms in total. The summed E-state index contributed by atoms with van der Waals surface area (Å²) in [5, 5.41) is 7.55. The second-order valence-electron chi connectivity index (χ2n) is 14.6. The van der Waals surface area contributed by atoms with Crippen molar-refractivity contribution in [2.75, 3.05) is 0 Å². The maximum absolute atomic E-state index is 6.47. The van der Waals surface area contributed by atoms with E-state index in [1.807, 2.05) is 42.5 Å². The summed E-state index contributed by atoms with van der Waals surface area (Å²) in [5.41, 5.74) is 12.1. The number of benzene rings is 6. The maximum Gasteiger partial charge on any atom is 0.234 e. The number of imidazole rings is 2. The maximum atomic E-state index is 6.47. The number of allylic oxidation sites excluding steroid dienone is 2. The van der Waals surface area contributed by atoms with Crippen LogP contribution in [0.2, 0.25) is 0 Å². The number of aromatic nitrogens is 5. The Morgan fingerprint density at radius 1 is 0.552 bits per heavy atom. The normalized spacial score (nSPS) is 13.1. The number of nitrogens with zero attached hydrogens (tertiary/aromatic N) is 5. The number of hydrogen-bond donors (Lipinski definition) is 0. The van der Waals surface area contributed by atoms with E-state index in [1.54, 1.807) is 0 Å². The van der Waals surface area contributed by atoms with E-state index in [4.69, 9.17) is 9.40 Å². The van der Waals surface area contributed by atoms with Gasteiger partial charge in [0.15, 0.2) is 0 Å². The van der Waals surface area contributed by atoms with Crippen LogP contribution in [0.25, 0.3) is 114 Å². The van der Waals surface area contributed by atoms with Gasteiger partial charge in [0.05, 0.1) is 32.8 Å². The third kappa shape index (κ3) is 4.75. The van der Waals surface area contributed by atoms with E-state index in [-0.39, 0.29) is 0 Å². The molecule has 0 aliphatic heterocycles. The van der Waals surface area contributed by atoms with Crippen LogP contribution in [0, 0.1) is 0 Å². The summed E-state index contributed by atoms with van der Waals surface area (Å²) >= 11 is 0. The second-order valence-corrected chi connectivity index (χ2v) is 14.6. The van der Waals surface area contributed by atoms with Gasteiger partial charge in [-0.1, -0.05) is 105 Å². The van der Waals surface area contributed by atoms with Gasteiger partial charge in [0, 0.05) is 43.7 Å². The van der Waals surface area contributed by atoms with Crippen LogP contribution >= 0.6 is 0 Å². The fourth-order valence-electron chi connectivity index (χ4n) is 8.91. The van der Waals surface area contributed by atoms with Crippen LogP contribution in [0.5, 0.6) is 0 Å². The molecule has 11 aromatic rings. The fraction of sp³-hybridized carbons (Fsp3) is 0.0192. The quantitative estimate of drug-likeness (QED) is 0.170. The molecule has 0 amide bonds. The standard InChI is InChI=1S/C52H37N5O/c1-5-15-43-33(4)40-19-11-13-21-45(40)54(43)37-26-23-34(24-27-37)35-25-29-46-42(31-35)39(7-3)44(16-6-2)55(46)38-28-30-47-48(32-38)56(36-17-9-8-10-18-36)52-53-50-41-20-12-14-22-49(41)58-51(50)57(47)52/h5-32H,1-2,4H2,3H3/b39-7-,43-15+,44-16+. The van der Waals surface area contributed by atoms with E-state index in [0.717, 1.165) is 110 Å². The topological polar surface area (TPSA) is 45.2 Å². The second kappa shape index (κ2) is 12.9. The molecule has 0 N–H and O–H groups in total. The van der Waals surface area contributed by atoms with Gasteiger partial charge in [-0.25, -0.2) is 9.38 Å². The molecule has 5 heterocycles. The van der Waals surface area contributed by atoms with Crippen molar-refractivity contribution < 1.29 is 4.42 Å². The summed E-state index contributed by atoms with van der Waals surface area (Å²) in [7, 11) is 0. The summed E-state index contributed by atoms with van der Waals surface area (Å²) < 4.78 is 15.4. The van der Waals surface area contributed by atoms with Gasteiger partial charge in [-0.2, -0.15) is 0 Å². The Morgan fingerprint density at radius 3 is 1.98 bits per heavy atom. The molecule has 0 aliphatic carbocycles. The van der Waals surface area contributed by atoms with Crippen LogP contribution in [0.3, 0.4) is 0 Å². The predicted molar refractivity (Wildman–Crippen MR) is 242 cm³/mol. The van der Waals surface area contributed by atoms with E-state index >= 15 is 0 Å². The summed E-state index contributed by atoms with van der Waals surface area (Å²) in [5.74, 6) is 0.804. The van der Waals surface area contributed by atoms with Crippen molar-refractivity contribution in [3.05, 3.63) is 186 Å². The van der Waals surface area contributed by atoms with Crippen molar-refractivity contribution in [1.29, 1.82) is 0 Å². The predicted octanol–water partition coefficient (Wildman–Crippen LogP) is 9.88. The molecular weight excluding hydrogens is 711 g/mol. The molecule has 0 fully saturated rings. The summed E-state index contributed by atoms with van der Waals surface area (Å²) in [6.07, 6.45) is 10.0. The Bertz CT molecular complexity index is 3740. The first-order valence-electron chi connectivity index (χ1n) is 19.4. The minimum Gasteiger partial charge on any atom is -0.437 e. The lowest BCUT2D eigenvalue weighted by molar-refractivity contribution is 0.651. The molecule has 0 atom stereocenters. The van der Waals surface area contributed by atoms with E-state index < -0.39 is 0 Å². The summed E-state index contributed by atoms with van der Waals surface area (Å²) in [6.45, 7) is 14.6. The molecule has 0 radical (unpaired) electrons. The Balaban J connectivity index is 1.09. The molecule has 5 aromatic heterocycles. The Hall–Kier alpha value is -7.83. The van der Waals surface area contributed by atoms with Crippen LogP contribution in [0.4, 0.5) is 0 Å². The van der Waals surface area contributed by atoms with Gasteiger partial charge >= 0.3 is 0 Å². The molecule has 11 rings (SSSR count). The molecule has 0 saturated heterocycles. The van der Waals surface area contributed by atoms with E-state index in [0.29, 0.717) is 0 Å². The lowest BCUT2D eigenvalue weighted by atomic mass is 10.0. The van der Waals surface area contributed by atoms with Gasteiger partial charge in [-0.05, 0) is 103 Å². The molecule has 0 unspecified atom stereocenters. The average molecular weight is 748 g/mol. The first kappa shape index (κ1) is 33.5. The first-order chi connectivity index (χ1) is 28.6. The zero-order valence-electron chi connectivity index (χ0n) is 31.9. The zero-order valence-corrected chi connectivity index (χ0v) is 31.9. The Morgan fingerprint density at radius 2 is 1.19 bits per heavy atom. The van der Waals surface area contributed by atoms with Gasteiger partial charge in [0.2, 0.25) is 11.5 Å². The van der Waals surface area contributed by atoms with Gasteiger partial charge in [-0.3, -0.25) is 4.57 Å². The monoisotopic (exact) mass is 747 g/mol. The molecule has 6 heteroatoms. The number of hydrogen-bond acceptors (Lipinski definition) is 2. The number of rotatable bonds is 6. The minimum atomic E-state index is 0.739. The zero-order chi connectivity index (χ0) is 39.1. The molecule has 0 bridgehead atoms. The largest absolute Gasteiger partial charge is 0.437 e. The molecule has 0 saturated carbocycles. The Kier molecular flexibility index (Phi) is 7.43. The van der Waals surface area contributed by atoms with Crippen molar-refractivity contribution >= 4 is 85.6 Å². The minimum absolute atomic E-state index is 0.739. The third-order valence-electron chi connectivity index (χ3n) is 11.4. The molecule has 0 aliphatic rings. The van der Waals surface area contributed by atoms with E-state index in [1.165, 1.54) is 0 Å². The van der Waals surface area contributed by atoms with Crippen LogP contribution < -0.4 is 21.1 Å². The van der Waals surface area contributed by atoms with Gasteiger partial charge in [0.1, 0.15) is 11.1 Å². The summed E-state index contributed by atoms with van der Waals surface area (Å²) in [4.78, 5) is 5.21. The van der Waals surface area contributed by atoms with Crippen molar-refractivity contribution in [2.24, 2.45) is 0 Å². The smallest absolute Gasteiger partial charge is 0.234 e.